The lowest BCUT2D eigenvalue weighted by Gasteiger charge is -2.24. The molecule has 18 heavy (non-hydrogen) atoms. The molecule has 1 fully saturated rings. The quantitative estimate of drug-likeness (QED) is 0.890. The van der Waals surface area contributed by atoms with Gasteiger partial charge in [-0.05, 0) is 50.6 Å². The van der Waals surface area contributed by atoms with Crippen molar-refractivity contribution < 1.29 is 9.47 Å². The predicted octanol–water partition coefficient (Wildman–Crippen LogP) is 2.69. The van der Waals surface area contributed by atoms with Crippen LogP contribution in [0.15, 0.2) is 18.2 Å². The van der Waals surface area contributed by atoms with Gasteiger partial charge in [0.15, 0.2) is 0 Å². The largest absolute Gasteiger partial charge is 0.497 e. The fourth-order valence-electron chi connectivity index (χ4n) is 2.85. The molecule has 1 saturated heterocycles. The van der Waals surface area contributed by atoms with Gasteiger partial charge in [0, 0.05) is 12.0 Å². The number of benzene rings is 1. The van der Waals surface area contributed by atoms with E-state index >= 15 is 0 Å². The number of aryl methyl sites for hydroxylation is 1. The van der Waals surface area contributed by atoms with Crippen LogP contribution in [0.2, 0.25) is 0 Å². The molecular formula is C15H23NO2. The van der Waals surface area contributed by atoms with Crippen molar-refractivity contribution in [2.45, 2.75) is 32.4 Å². The number of ether oxygens (including phenoxy) is 2. The smallest absolute Gasteiger partial charge is 0.119 e. The van der Waals surface area contributed by atoms with Crippen LogP contribution in [0.5, 0.6) is 5.75 Å². The van der Waals surface area contributed by atoms with Gasteiger partial charge in [-0.2, -0.15) is 0 Å². The first-order chi connectivity index (χ1) is 8.65. The molecular weight excluding hydrogens is 226 g/mol. The van der Waals surface area contributed by atoms with E-state index in [1.54, 1.807) is 7.11 Å². The maximum atomic E-state index is 5.69. The first-order valence-electron chi connectivity index (χ1n) is 6.59. The molecule has 3 atom stereocenters. The van der Waals surface area contributed by atoms with Crippen molar-refractivity contribution in [1.82, 2.24) is 5.32 Å². The van der Waals surface area contributed by atoms with Gasteiger partial charge in [0.2, 0.25) is 0 Å². The summed E-state index contributed by atoms with van der Waals surface area (Å²) in [4.78, 5) is 0. The predicted molar refractivity (Wildman–Crippen MR) is 73.1 cm³/mol. The van der Waals surface area contributed by atoms with Gasteiger partial charge in [0.05, 0.1) is 19.8 Å². The second-order valence-corrected chi connectivity index (χ2v) is 5.13. The van der Waals surface area contributed by atoms with Crippen LogP contribution in [0.3, 0.4) is 0 Å². The van der Waals surface area contributed by atoms with E-state index in [2.05, 4.69) is 31.3 Å². The first kappa shape index (κ1) is 13.4. The lowest BCUT2D eigenvalue weighted by Crippen LogP contribution is -2.26. The second kappa shape index (κ2) is 5.72. The lowest BCUT2D eigenvalue weighted by molar-refractivity contribution is 0.117. The molecule has 3 nitrogen and oxygen atoms in total. The Morgan fingerprint density at radius 2 is 2.22 bits per heavy atom. The molecule has 100 valence electrons. The summed E-state index contributed by atoms with van der Waals surface area (Å²) in [6, 6.07) is 6.66. The zero-order valence-electron chi connectivity index (χ0n) is 11.7. The van der Waals surface area contributed by atoms with E-state index in [1.165, 1.54) is 11.1 Å². The molecule has 2 rings (SSSR count). The number of rotatable bonds is 4. The highest BCUT2D eigenvalue weighted by molar-refractivity contribution is 5.37. The van der Waals surface area contributed by atoms with Gasteiger partial charge in [-0.3, -0.25) is 0 Å². The van der Waals surface area contributed by atoms with Gasteiger partial charge in [-0.15, -0.1) is 0 Å². The molecule has 0 amide bonds. The molecule has 0 saturated carbocycles. The van der Waals surface area contributed by atoms with E-state index in [0.29, 0.717) is 18.1 Å². The van der Waals surface area contributed by atoms with Crippen LogP contribution in [0.4, 0.5) is 0 Å². The molecule has 0 radical (unpaired) electrons. The van der Waals surface area contributed by atoms with Gasteiger partial charge in [0.25, 0.3) is 0 Å². The zero-order valence-corrected chi connectivity index (χ0v) is 11.7. The summed E-state index contributed by atoms with van der Waals surface area (Å²) in [5.74, 6) is 1.47. The number of hydrogen-bond donors (Lipinski definition) is 1. The molecule has 1 aliphatic rings. The topological polar surface area (TPSA) is 30.5 Å². The molecule has 0 aliphatic carbocycles. The normalized spacial score (nSPS) is 25.1. The standard InChI is InChI=1S/C15H23NO2/c1-10-7-13(17-4)5-6-14(10)15(16-3)12-8-11(2)18-9-12/h5-7,11-12,15-16H,8-9H2,1-4H3. The first-order valence-corrected chi connectivity index (χ1v) is 6.59. The highest BCUT2D eigenvalue weighted by Crippen LogP contribution is 2.33. The van der Waals surface area contributed by atoms with E-state index in [4.69, 9.17) is 9.47 Å². The zero-order chi connectivity index (χ0) is 13.1. The Morgan fingerprint density at radius 3 is 2.72 bits per heavy atom. The van der Waals surface area contributed by atoms with Crippen molar-refractivity contribution in [2.75, 3.05) is 20.8 Å². The third-order valence-electron chi connectivity index (χ3n) is 3.82. The van der Waals surface area contributed by atoms with Gasteiger partial charge >= 0.3 is 0 Å². The summed E-state index contributed by atoms with van der Waals surface area (Å²) in [7, 11) is 3.73. The van der Waals surface area contributed by atoms with Crippen molar-refractivity contribution in [3.8, 4) is 5.75 Å². The van der Waals surface area contributed by atoms with E-state index in [9.17, 15) is 0 Å². The summed E-state index contributed by atoms with van der Waals surface area (Å²) in [6.45, 7) is 5.13. The number of hydrogen-bond acceptors (Lipinski definition) is 3. The summed E-state index contributed by atoms with van der Waals surface area (Å²) in [6.07, 6.45) is 1.50. The Bertz CT molecular complexity index is 405. The minimum atomic E-state index is 0.362. The summed E-state index contributed by atoms with van der Waals surface area (Å²) >= 11 is 0. The van der Waals surface area contributed by atoms with Crippen molar-refractivity contribution >= 4 is 0 Å². The third-order valence-corrected chi connectivity index (χ3v) is 3.82. The van der Waals surface area contributed by atoms with Gasteiger partial charge in [-0.1, -0.05) is 6.07 Å². The average Bonchev–Trinajstić information content (AvgIpc) is 2.78. The molecule has 1 aromatic rings. The molecule has 0 aromatic heterocycles. The molecule has 0 bridgehead atoms. The molecule has 1 aliphatic heterocycles. The van der Waals surface area contributed by atoms with Crippen molar-refractivity contribution in [3.05, 3.63) is 29.3 Å². The maximum Gasteiger partial charge on any atom is 0.119 e. The van der Waals surface area contributed by atoms with Crippen molar-refractivity contribution in [3.63, 3.8) is 0 Å². The van der Waals surface area contributed by atoms with E-state index in [0.717, 1.165) is 18.8 Å². The molecule has 0 spiro atoms. The average molecular weight is 249 g/mol. The van der Waals surface area contributed by atoms with E-state index < -0.39 is 0 Å². The van der Waals surface area contributed by atoms with Crippen LogP contribution < -0.4 is 10.1 Å². The second-order valence-electron chi connectivity index (χ2n) is 5.13. The fourth-order valence-corrected chi connectivity index (χ4v) is 2.85. The van der Waals surface area contributed by atoms with Crippen LogP contribution in [0.25, 0.3) is 0 Å². The molecule has 1 heterocycles. The highest BCUT2D eigenvalue weighted by Gasteiger charge is 2.30. The minimum absolute atomic E-state index is 0.362. The molecule has 1 N–H and O–H groups in total. The van der Waals surface area contributed by atoms with Gasteiger partial charge in [-0.25, -0.2) is 0 Å². The summed E-state index contributed by atoms with van der Waals surface area (Å²) in [5.41, 5.74) is 2.62. The van der Waals surface area contributed by atoms with Gasteiger partial charge < -0.3 is 14.8 Å². The van der Waals surface area contributed by atoms with Crippen LogP contribution in [-0.4, -0.2) is 26.9 Å². The Kier molecular flexibility index (Phi) is 4.25. The van der Waals surface area contributed by atoms with E-state index in [-0.39, 0.29) is 0 Å². The van der Waals surface area contributed by atoms with E-state index in [1.807, 2.05) is 13.1 Å². The monoisotopic (exact) mass is 249 g/mol. The lowest BCUT2D eigenvalue weighted by atomic mass is 9.88. The molecule has 3 heteroatoms. The Balaban J connectivity index is 2.22. The minimum Gasteiger partial charge on any atom is -0.497 e. The number of nitrogens with one attached hydrogen (secondary N) is 1. The Morgan fingerprint density at radius 1 is 1.44 bits per heavy atom. The molecule has 1 aromatic carbocycles. The van der Waals surface area contributed by atoms with Crippen molar-refractivity contribution in [2.24, 2.45) is 5.92 Å². The van der Waals surface area contributed by atoms with Crippen LogP contribution in [0.1, 0.15) is 30.5 Å². The van der Waals surface area contributed by atoms with Gasteiger partial charge in [0.1, 0.15) is 5.75 Å². The summed E-state index contributed by atoms with van der Waals surface area (Å²) < 4.78 is 11.0. The SMILES string of the molecule is CNC(c1ccc(OC)cc1C)C1COC(C)C1. The summed E-state index contributed by atoms with van der Waals surface area (Å²) in [5, 5.41) is 3.44. The Labute approximate surface area is 109 Å². The maximum absolute atomic E-state index is 5.69. The third kappa shape index (κ3) is 2.68. The highest BCUT2D eigenvalue weighted by atomic mass is 16.5. The molecule has 3 unspecified atom stereocenters. The van der Waals surface area contributed by atoms with Crippen LogP contribution in [-0.2, 0) is 4.74 Å². The number of methoxy groups -OCH3 is 1. The van der Waals surface area contributed by atoms with Crippen LogP contribution in [0, 0.1) is 12.8 Å². The van der Waals surface area contributed by atoms with Crippen molar-refractivity contribution in [1.29, 1.82) is 0 Å². The van der Waals surface area contributed by atoms with Crippen LogP contribution >= 0.6 is 0 Å². The fraction of sp³-hybridized carbons (Fsp3) is 0.600. The Hall–Kier alpha value is -1.06.